The first-order valence-electron chi connectivity index (χ1n) is 9.50. The van der Waals surface area contributed by atoms with Gasteiger partial charge >= 0.3 is 11.9 Å². The zero-order chi connectivity index (χ0) is 19.5. The summed E-state index contributed by atoms with van der Waals surface area (Å²) >= 11 is 0. The van der Waals surface area contributed by atoms with E-state index in [0.717, 1.165) is 25.7 Å². The van der Waals surface area contributed by atoms with Crippen LogP contribution >= 0.6 is 0 Å². The number of esters is 2. The number of hydrogen-bond acceptors (Lipinski definition) is 5. The Bertz CT molecular complexity index is 536. The molecule has 146 valence electrons. The van der Waals surface area contributed by atoms with Gasteiger partial charge in [-0.2, -0.15) is 0 Å². The van der Waals surface area contributed by atoms with Crippen molar-refractivity contribution in [3.05, 3.63) is 34.9 Å². The lowest BCUT2D eigenvalue weighted by Gasteiger charge is -2.13. The van der Waals surface area contributed by atoms with Gasteiger partial charge in [0.15, 0.2) is 0 Å². The topological polar surface area (TPSA) is 72.8 Å². The van der Waals surface area contributed by atoms with Crippen LogP contribution in [-0.4, -0.2) is 30.3 Å². The van der Waals surface area contributed by atoms with Crippen molar-refractivity contribution in [3.63, 3.8) is 0 Å². The summed E-state index contributed by atoms with van der Waals surface area (Å²) in [5.41, 5.74) is 0.997. The zero-order valence-electron chi connectivity index (χ0n) is 16.4. The Morgan fingerprint density at radius 2 is 1.31 bits per heavy atom. The molecule has 0 spiro atoms. The fourth-order valence-corrected chi connectivity index (χ4v) is 2.77. The fraction of sp³-hybridized carbons (Fsp3) is 0.619. The van der Waals surface area contributed by atoms with Crippen molar-refractivity contribution in [1.29, 1.82) is 0 Å². The standard InChI is InChI=1S/C21H32O5/c1-5-7-15(3)13-25-20(23)18-9-17(12-22)10-19(11-18)21(24)26-14-16(4)8-6-2/h9-11,15-16,22H,5-8,12-14H2,1-4H3/t15-,16-/m1/s1. The molecule has 26 heavy (non-hydrogen) atoms. The van der Waals surface area contributed by atoms with Crippen molar-refractivity contribution < 1.29 is 24.2 Å². The molecule has 0 fully saturated rings. The van der Waals surface area contributed by atoms with Crippen LogP contribution in [-0.2, 0) is 16.1 Å². The van der Waals surface area contributed by atoms with E-state index in [0.29, 0.717) is 18.8 Å². The van der Waals surface area contributed by atoms with Crippen molar-refractivity contribution in [2.24, 2.45) is 11.8 Å². The van der Waals surface area contributed by atoms with Crippen molar-refractivity contribution in [1.82, 2.24) is 0 Å². The molecule has 0 unspecified atom stereocenters. The molecule has 1 rings (SSSR count). The maximum Gasteiger partial charge on any atom is 0.338 e. The van der Waals surface area contributed by atoms with Crippen LogP contribution in [0.2, 0.25) is 0 Å². The first kappa shape index (κ1) is 22.2. The first-order valence-corrected chi connectivity index (χ1v) is 9.50. The number of aliphatic hydroxyl groups excluding tert-OH is 1. The average Bonchev–Trinajstić information content (AvgIpc) is 2.64. The van der Waals surface area contributed by atoms with Crippen molar-refractivity contribution in [2.75, 3.05) is 13.2 Å². The van der Waals surface area contributed by atoms with Gasteiger partial charge in [0.2, 0.25) is 0 Å². The normalized spacial score (nSPS) is 13.1. The molecule has 0 heterocycles. The molecule has 0 aliphatic rings. The summed E-state index contributed by atoms with van der Waals surface area (Å²) in [5, 5.41) is 9.42. The Balaban J connectivity index is 2.80. The van der Waals surface area contributed by atoms with Crippen LogP contribution in [0.5, 0.6) is 0 Å². The third kappa shape index (κ3) is 7.56. The lowest BCUT2D eigenvalue weighted by atomic mass is 10.1. The monoisotopic (exact) mass is 364 g/mol. The second kappa shape index (κ2) is 11.7. The van der Waals surface area contributed by atoms with Crippen LogP contribution in [0.25, 0.3) is 0 Å². The van der Waals surface area contributed by atoms with Gasteiger partial charge in [0, 0.05) is 0 Å². The van der Waals surface area contributed by atoms with E-state index in [1.807, 2.05) is 13.8 Å². The van der Waals surface area contributed by atoms with E-state index in [2.05, 4.69) is 13.8 Å². The maximum absolute atomic E-state index is 12.3. The van der Waals surface area contributed by atoms with E-state index in [1.54, 1.807) is 12.1 Å². The van der Waals surface area contributed by atoms with Gasteiger partial charge in [-0.25, -0.2) is 9.59 Å². The highest BCUT2D eigenvalue weighted by Gasteiger charge is 2.16. The highest BCUT2D eigenvalue weighted by Crippen LogP contribution is 2.15. The van der Waals surface area contributed by atoms with Gasteiger partial charge in [-0.1, -0.05) is 40.5 Å². The highest BCUT2D eigenvalue weighted by molar-refractivity contribution is 5.95. The van der Waals surface area contributed by atoms with Crippen LogP contribution in [0.4, 0.5) is 0 Å². The van der Waals surface area contributed by atoms with Crippen molar-refractivity contribution in [2.45, 2.75) is 60.0 Å². The lowest BCUT2D eigenvalue weighted by molar-refractivity contribution is 0.0440. The summed E-state index contributed by atoms with van der Waals surface area (Å²) in [4.78, 5) is 24.6. The molecule has 0 saturated heterocycles. The van der Waals surface area contributed by atoms with Gasteiger partial charge in [-0.3, -0.25) is 0 Å². The Hall–Kier alpha value is -1.88. The molecule has 1 aromatic rings. The molecule has 1 aromatic carbocycles. The van der Waals surface area contributed by atoms with Gasteiger partial charge in [0.05, 0.1) is 30.9 Å². The van der Waals surface area contributed by atoms with Gasteiger partial charge in [-0.15, -0.1) is 0 Å². The van der Waals surface area contributed by atoms with Crippen LogP contribution in [0, 0.1) is 11.8 Å². The largest absolute Gasteiger partial charge is 0.462 e. The van der Waals surface area contributed by atoms with E-state index < -0.39 is 11.9 Å². The molecule has 0 amide bonds. The molecular weight excluding hydrogens is 332 g/mol. The molecule has 2 atom stereocenters. The Labute approximate surface area is 156 Å². The van der Waals surface area contributed by atoms with Crippen LogP contribution in [0.15, 0.2) is 18.2 Å². The van der Waals surface area contributed by atoms with Crippen LogP contribution < -0.4 is 0 Å². The smallest absolute Gasteiger partial charge is 0.338 e. The molecule has 0 aromatic heterocycles. The molecule has 5 heteroatoms. The Morgan fingerprint density at radius 3 is 1.65 bits per heavy atom. The minimum Gasteiger partial charge on any atom is -0.462 e. The average molecular weight is 364 g/mol. The molecule has 0 saturated carbocycles. The van der Waals surface area contributed by atoms with Gasteiger partial charge in [-0.05, 0) is 48.4 Å². The van der Waals surface area contributed by atoms with Gasteiger partial charge in [0.1, 0.15) is 0 Å². The Kier molecular flexibility index (Phi) is 9.96. The quantitative estimate of drug-likeness (QED) is 0.591. The van der Waals surface area contributed by atoms with Crippen LogP contribution in [0.1, 0.15) is 79.7 Å². The van der Waals surface area contributed by atoms with Crippen LogP contribution in [0.3, 0.4) is 0 Å². The summed E-state index contributed by atoms with van der Waals surface area (Å²) < 4.78 is 10.7. The second-order valence-electron chi connectivity index (χ2n) is 7.06. The molecular formula is C21H32O5. The summed E-state index contributed by atoms with van der Waals surface area (Å²) in [6, 6.07) is 4.56. The van der Waals surface area contributed by atoms with E-state index in [4.69, 9.17) is 9.47 Å². The van der Waals surface area contributed by atoms with E-state index in [9.17, 15) is 14.7 Å². The second-order valence-corrected chi connectivity index (χ2v) is 7.06. The predicted molar refractivity (Wildman–Crippen MR) is 101 cm³/mol. The van der Waals surface area contributed by atoms with Gasteiger partial charge in [0.25, 0.3) is 0 Å². The molecule has 0 radical (unpaired) electrons. The number of carbonyl (C=O) groups excluding carboxylic acids is 2. The number of carbonyl (C=O) groups is 2. The number of benzene rings is 1. The fourth-order valence-electron chi connectivity index (χ4n) is 2.77. The molecule has 1 N–H and O–H groups in total. The Morgan fingerprint density at radius 1 is 0.885 bits per heavy atom. The zero-order valence-corrected chi connectivity index (χ0v) is 16.4. The first-order chi connectivity index (χ1) is 12.4. The van der Waals surface area contributed by atoms with E-state index in [1.165, 1.54) is 6.07 Å². The SMILES string of the molecule is CCC[C@@H](C)COC(=O)c1cc(CO)cc(C(=O)OC[C@H](C)CCC)c1. The number of rotatable bonds is 11. The van der Waals surface area contributed by atoms with Gasteiger partial charge < -0.3 is 14.6 Å². The van der Waals surface area contributed by atoms with E-state index in [-0.39, 0.29) is 29.6 Å². The lowest BCUT2D eigenvalue weighted by Crippen LogP contribution is -2.15. The summed E-state index contributed by atoms with van der Waals surface area (Å²) in [7, 11) is 0. The number of ether oxygens (including phenoxy) is 2. The summed E-state index contributed by atoms with van der Waals surface area (Å²) in [6.07, 6.45) is 4.03. The molecule has 0 aliphatic carbocycles. The molecule has 5 nitrogen and oxygen atoms in total. The minimum absolute atomic E-state index is 0.258. The molecule has 0 aliphatic heterocycles. The number of hydrogen-bond donors (Lipinski definition) is 1. The molecule has 0 bridgehead atoms. The third-order valence-electron chi connectivity index (χ3n) is 4.21. The number of aliphatic hydroxyl groups is 1. The van der Waals surface area contributed by atoms with Crippen molar-refractivity contribution >= 4 is 11.9 Å². The van der Waals surface area contributed by atoms with E-state index >= 15 is 0 Å². The highest BCUT2D eigenvalue weighted by atomic mass is 16.5. The summed E-state index contributed by atoms with van der Waals surface area (Å²) in [5.74, 6) is -0.405. The third-order valence-corrected chi connectivity index (χ3v) is 4.21. The summed E-state index contributed by atoms with van der Waals surface area (Å²) in [6.45, 7) is 8.64. The van der Waals surface area contributed by atoms with Crippen molar-refractivity contribution in [3.8, 4) is 0 Å². The minimum atomic E-state index is -0.489. The maximum atomic E-state index is 12.3. The predicted octanol–water partition coefficient (Wildman–Crippen LogP) is 4.36.